The van der Waals surface area contributed by atoms with Crippen LogP contribution in [-0.4, -0.2) is 22.6 Å². The van der Waals surface area contributed by atoms with Crippen LogP contribution in [0.2, 0.25) is 0 Å². The Morgan fingerprint density at radius 3 is 1.22 bits per heavy atom. The van der Waals surface area contributed by atoms with Crippen molar-refractivity contribution >= 4 is 15.8 Å². The van der Waals surface area contributed by atoms with Crippen molar-refractivity contribution in [3.8, 4) is 0 Å². The summed E-state index contributed by atoms with van der Waals surface area (Å²) in [7, 11) is 0.545. The predicted octanol–water partition coefficient (Wildman–Crippen LogP) is 8.54. The summed E-state index contributed by atoms with van der Waals surface area (Å²) < 4.78 is 0. The maximum absolute atomic E-state index is 2.39. The van der Waals surface area contributed by atoms with Gasteiger partial charge >= 0.3 is 0 Å². The molecule has 0 N–H and O–H groups in total. The van der Waals surface area contributed by atoms with Crippen molar-refractivity contribution in [1.82, 2.24) is 0 Å². The largest absolute Gasteiger partial charge is 0.0801 e. The van der Waals surface area contributed by atoms with E-state index in [1.54, 1.807) is 10.6 Å². The molecule has 2 heterocycles. The van der Waals surface area contributed by atoms with Crippen molar-refractivity contribution in [2.75, 3.05) is 0 Å². The predicted molar refractivity (Wildman–Crippen MR) is 123 cm³/mol. The smallest absolute Gasteiger partial charge is 0 e. The van der Waals surface area contributed by atoms with E-state index in [4.69, 9.17) is 0 Å². The van der Waals surface area contributed by atoms with E-state index < -0.39 is 0 Å². The first-order chi connectivity index (χ1) is 12.7. The molecule has 4 atom stereocenters. The van der Waals surface area contributed by atoms with Crippen LogP contribution < -0.4 is 0 Å². The van der Waals surface area contributed by atoms with Crippen LogP contribution >= 0.6 is 15.8 Å². The number of hydrogen-bond acceptors (Lipinski definition) is 0. The molecule has 3 heteroatoms. The SMILES string of the molecule is CCC1CC(CC)P1C1=CC=CC1.CCC1CC(CC)P1C1=CC=CC1.[Fe]. The van der Waals surface area contributed by atoms with E-state index in [-0.39, 0.29) is 32.9 Å². The molecule has 0 aromatic carbocycles. The van der Waals surface area contributed by atoms with Crippen molar-refractivity contribution in [3.63, 3.8) is 0 Å². The van der Waals surface area contributed by atoms with Crippen LogP contribution in [-0.2, 0) is 17.1 Å². The molecule has 0 saturated carbocycles. The Labute approximate surface area is 181 Å². The minimum absolute atomic E-state index is 0. The third-order valence-electron chi connectivity index (χ3n) is 6.71. The molecule has 152 valence electrons. The van der Waals surface area contributed by atoms with Gasteiger partial charge in [-0.3, -0.25) is 0 Å². The van der Waals surface area contributed by atoms with Crippen LogP contribution in [0.15, 0.2) is 47.1 Å². The van der Waals surface area contributed by atoms with Crippen LogP contribution in [0.3, 0.4) is 0 Å². The van der Waals surface area contributed by atoms with Crippen molar-refractivity contribution < 1.29 is 17.1 Å². The summed E-state index contributed by atoms with van der Waals surface area (Å²) in [5.41, 5.74) is 4.24. The van der Waals surface area contributed by atoms with Crippen LogP contribution in [0.25, 0.3) is 0 Å². The fourth-order valence-corrected chi connectivity index (χ4v) is 12.0. The van der Waals surface area contributed by atoms with Gasteiger partial charge in [0.25, 0.3) is 0 Å². The minimum Gasteiger partial charge on any atom is -0.0801 e. The molecule has 0 spiro atoms. The zero-order valence-electron chi connectivity index (χ0n) is 17.7. The molecule has 2 aliphatic heterocycles. The summed E-state index contributed by atoms with van der Waals surface area (Å²) >= 11 is 0. The van der Waals surface area contributed by atoms with Gasteiger partial charge in [-0.1, -0.05) is 80.0 Å². The van der Waals surface area contributed by atoms with Gasteiger partial charge in [-0.2, -0.15) is 0 Å². The van der Waals surface area contributed by atoms with Crippen molar-refractivity contribution in [3.05, 3.63) is 47.1 Å². The van der Waals surface area contributed by atoms with E-state index in [0.29, 0.717) is 0 Å². The Bertz CT molecular complexity index is 517. The summed E-state index contributed by atoms with van der Waals surface area (Å²) in [5.74, 6) is 0. The average Bonchev–Trinajstić information content (AvgIpc) is 3.30. The number of rotatable bonds is 6. The van der Waals surface area contributed by atoms with Crippen LogP contribution in [0, 0.1) is 0 Å². The molecule has 4 rings (SSSR count). The van der Waals surface area contributed by atoms with Gasteiger partial charge in [0.1, 0.15) is 0 Å². The molecule has 0 amide bonds. The molecule has 2 aliphatic carbocycles. The van der Waals surface area contributed by atoms with Crippen molar-refractivity contribution in [2.45, 2.75) is 102 Å². The molecule has 2 fully saturated rings. The quantitative estimate of drug-likeness (QED) is 0.284. The first-order valence-corrected chi connectivity index (χ1v) is 14.0. The van der Waals surface area contributed by atoms with Crippen molar-refractivity contribution in [1.29, 1.82) is 0 Å². The van der Waals surface area contributed by atoms with Gasteiger partial charge in [-0.25, -0.2) is 0 Å². The number of hydrogen-bond donors (Lipinski definition) is 0. The zero-order chi connectivity index (χ0) is 18.5. The topological polar surface area (TPSA) is 0 Å². The summed E-state index contributed by atoms with van der Waals surface area (Å²) in [6.07, 6.45) is 25.0. The van der Waals surface area contributed by atoms with Gasteiger partial charge in [0, 0.05) is 17.1 Å². The molecule has 27 heavy (non-hydrogen) atoms. The maximum Gasteiger partial charge on any atom is 0 e. The van der Waals surface area contributed by atoms with Crippen LogP contribution in [0.1, 0.15) is 79.1 Å². The summed E-state index contributed by atoms with van der Waals surface area (Å²) in [6, 6.07) is 0. The fraction of sp³-hybridized carbons (Fsp3) is 0.667. The molecular formula is C24H38FeP2. The monoisotopic (exact) mass is 444 g/mol. The Kier molecular flexibility index (Phi) is 10.1. The second-order valence-corrected chi connectivity index (χ2v) is 13.8. The Morgan fingerprint density at radius 1 is 0.667 bits per heavy atom. The molecule has 0 bridgehead atoms. The average molecular weight is 444 g/mol. The Balaban J connectivity index is 0.000000187. The van der Waals surface area contributed by atoms with E-state index in [9.17, 15) is 0 Å². The molecule has 4 aliphatic rings. The summed E-state index contributed by atoms with van der Waals surface area (Å²) in [5, 5.41) is 3.56. The van der Waals surface area contributed by atoms with E-state index in [2.05, 4.69) is 64.2 Å². The first-order valence-electron chi connectivity index (χ1n) is 11.0. The molecule has 0 aromatic heterocycles. The summed E-state index contributed by atoms with van der Waals surface area (Å²) in [6.45, 7) is 9.42. The van der Waals surface area contributed by atoms with Gasteiger partial charge in [0.05, 0.1) is 0 Å². The van der Waals surface area contributed by atoms with Gasteiger partial charge in [0.15, 0.2) is 0 Å². The van der Waals surface area contributed by atoms with Crippen molar-refractivity contribution in [2.24, 2.45) is 0 Å². The molecule has 4 unspecified atom stereocenters. The fourth-order valence-electron chi connectivity index (χ4n) is 5.05. The van der Waals surface area contributed by atoms with Crippen LogP contribution in [0.5, 0.6) is 0 Å². The molecule has 0 nitrogen and oxygen atoms in total. The van der Waals surface area contributed by atoms with Crippen LogP contribution in [0.4, 0.5) is 0 Å². The number of allylic oxidation sites excluding steroid dienone is 8. The molecule has 0 aromatic rings. The first kappa shape index (κ1) is 23.6. The van der Waals surface area contributed by atoms with Gasteiger partial charge in [-0.15, -0.1) is 0 Å². The Morgan fingerprint density at radius 2 is 1.00 bits per heavy atom. The van der Waals surface area contributed by atoms with E-state index in [1.165, 1.54) is 51.4 Å². The second kappa shape index (κ2) is 11.5. The zero-order valence-corrected chi connectivity index (χ0v) is 20.6. The van der Waals surface area contributed by atoms with E-state index in [0.717, 1.165) is 22.6 Å². The molecule has 2 saturated heterocycles. The minimum atomic E-state index is 0. The van der Waals surface area contributed by atoms with Gasteiger partial charge in [-0.05, 0) is 84.6 Å². The standard InChI is InChI=1S/2C12H19P.Fe/c2*1-3-10-9-11(4-2)13(10)12-7-5-6-8-12;/h2*5-7,10-11H,3-4,8-9H2,1-2H3;. The van der Waals surface area contributed by atoms with Gasteiger partial charge < -0.3 is 0 Å². The third kappa shape index (κ3) is 5.28. The van der Waals surface area contributed by atoms with Gasteiger partial charge in [0.2, 0.25) is 0 Å². The van der Waals surface area contributed by atoms with E-state index in [1.807, 2.05) is 0 Å². The van der Waals surface area contributed by atoms with E-state index >= 15 is 0 Å². The normalized spacial score (nSPS) is 36.0. The molecule has 0 radical (unpaired) electrons. The third-order valence-corrected chi connectivity index (χ3v) is 14.2. The summed E-state index contributed by atoms with van der Waals surface area (Å²) in [4.78, 5) is 0. The maximum atomic E-state index is 2.39. The second-order valence-electron chi connectivity index (χ2n) is 8.11. The Hall–Kier alpha value is 0.339. The molecular weight excluding hydrogens is 406 g/mol.